The van der Waals surface area contributed by atoms with E-state index in [-0.39, 0.29) is 38.6 Å². The average molecular weight is 534 g/mol. The van der Waals surface area contributed by atoms with Crippen LogP contribution in [0, 0.1) is 6.92 Å². The highest BCUT2D eigenvalue weighted by atomic mass is 35.5. The van der Waals surface area contributed by atoms with Crippen LogP contribution in [0.4, 0.5) is 17.1 Å². The van der Waals surface area contributed by atoms with Gasteiger partial charge in [-0.15, -0.1) is 0 Å². The highest BCUT2D eigenvalue weighted by molar-refractivity contribution is 7.82. The summed E-state index contributed by atoms with van der Waals surface area (Å²) in [5.74, 6) is -0.772. The summed E-state index contributed by atoms with van der Waals surface area (Å²) in [4.78, 5) is 25.2. The van der Waals surface area contributed by atoms with E-state index in [1.165, 1.54) is 24.3 Å². The van der Waals surface area contributed by atoms with Crippen LogP contribution in [0.3, 0.4) is 0 Å². The Hall–Kier alpha value is -3.27. The molecule has 3 aromatic carbocycles. The SMILES string of the molecule is Cc1ccc(OS(=O)Nc2cc(C(=O)Nc3cc(Cl)c4c(c3O)C(C)(C)C(=O)N4)ccc2Cl)cc1. The highest BCUT2D eigenvalue weighted by Gasteiger charge is 2.43. The minimum atomic E-state index is -1.98. The van der Waals surface area contributed by atoms with E-state index in [4.69, 9.17) is 27.4 Å². The fourth-order valence-corrected chi connectivity index (χ4v) is 4.73. The number of carbonyl (C=O) groups is 2. The Morgan fingerprint density at radius 2 is 1.74 bits per heavy atom. The molecule has 11 heteroatoms. The van der Waals surface area contributed by atoms with E-state index in [2.05, 4.69) is 15.4 Å². The molecule has 182 valence electrons. The van der Waals surface area contributed by atoms with Gasteiger partial charge in [0.15, 0.2) is 0 Å². The first-order valence-corrected chi connectivity index (χ1v) is 12.2. The van der Waals surface area contributed by atoms with Crippen LogP contribution in [0.1, 0.15) is 35.3 Å². The maximum absolute atomic E-state index is 12.9. The normalized spacial score (nSPS) is 14.6. The van der Waals surface area contributed by atoms with Crippen LogP contribution < -0.4 is 19.5 Å². The number of aryl methyl sites for hydroxylation is 1. The fourth-order valence-electron chi connectivity index (χ4n) is 3.58. The Bertz CT molecular complexity index is 1380. The molecule has 2 amide bonds. The van der Waals surface area contributed by atoms with Gasteiger partial charge in [-0.2, -0.15) is 4.21 Å². The van der Waals surface area contributed by atoms with Crippen LogP contribution in [0.2, 0.25) is 10.0 Å². The first-order valence-electron chi connectivity index (χ1n) is 10.4. The van der Waals surface area contributed by atoms with Crippen molar-refractivity contribution >= 4 is 63.3 Å². The number of fused-ring (bicyclic) bond motifs is 1. The average Bonchev–Trinajstić information content (AvgIpc) is 3.04. The summed E-state index contributed by atoms with van der Waals surface area (Å²) in [6.07, 6.45) is 0. The molecule has 0 fully saturated rings. The second-order valence-electron chi connectivity index (χ2n) is 8.47. The molecule has 1 aliphatic rings. The predicted molar refractivity (Wildman–Crippen MR) is 138 cm³/mol. The van der Waals surface area contributed by atoms with Crippen LogP contribution in [0.5, 0.6) is 11.5 Å². The minimum absolute atomic E-state index is 0.0408. The van der Waals surface area contributed by atoms with E-state index in [9.17, 15) is 18.9 Å². The number of hydrogen-bond acceptors (Lipinski definition) is 5. The van der Waals surface area contributed by atoms with Crippen LogP contribution in [0.15, 0.2) is 48.5 Å². The van der Waals surface area contributed by atoms with Gasteiger partial charge in [0.2, 0.25) is 5.91 Å². The Morgan fingerprint density at radius 1 is 1.06 bits per heavy atom. The second-order valence-corrected chi connectivity index (χ2v) is 10.1. The van der Waals surface area contributed by atoms with E-state index >= 15 is 0 Å². The number of phenols is 1. The van der Waals surface area contributed by atoms with Crippen molar-refractivity contribution in [1.82, 2.24) is 0 Å². The number of nitrogens with one attached hydrogen (secondary N) is 3. The summed E-state index contributed by atoms with van der Waals surface area (Å²) < 4.78 is 20.4. The lowest BCUT2D eigenvalue weighted by Crippen LogP contribution is -2.27. The van der Waals surface area contributed by atoms with E-state index < -0.39 is 22.6 Å². The van der Waals surface area contributed by atoms with Gasteiger partial charge in [-0.05, 0) is 57.2 Å². The van der Waals surface area contributed by atoms with Gasteiger partial charge in [0.05, 0.1) is 32.5 Å². The second kappa shape index (κ2) is 9.41. The van der Waals surface area contributed by atoms with Gasteiger partial charge in [-0.3, -0.25) is 14.3 Å². The Kier molecular flexibility index (Phi) is 6.68. The molecular formula is C24H21Cl2N3O5S. The monoisotopic (exact) mass is 533 g/mol. The molecule has 0 bridgehead atoms. The van der Waals surface area contributed by atoms with Crippen molar-refractivity contribution in [3.63, 3.8) is 0 Å². The smallest absolute Gasteiger partial charge is 0.316 e. The molecule has 4 rings (SSSR count). The zero-order valence-electron chi connectivity index (χ0n) is 18.9. The van der Waals surface area contributed by atoms with E-state index in [1.54, 1.807) is 26.0 Å². The quantitative estimate of drug-likeness (QED) is 0.309. The third-order valence-corrected chi connectivity index (χ3v) is 6.90. The minimum Gasteiger partial charge on any atom is -0.505 e. The predicted octanol–water partition coefficient (Wildman–Crippen LogP) is 5.56. The molecule has 0 saturated heterocycles. The summed E-state index contributed by atoms with van der Waals surface area (Å²) in [6.45, 7) is 5.21. The van der Waals surface area contributed by atoms with Crippen molar-refractivity contribution in [2.75, 3.05) is 15.4 Å². The van der Waals surface area contributed by atoms with E-state index in [1.807, 2.05) is 19.1 Å². The van der Waals surface area contributed by atoms with Gasteiger partial charge >= 0.3 is 11.3 Å². The first-order chi connectivity index (χ1) is 16.5. The summed E-state index contributed by atoms with van der Waals surface area (Å²) in [6, 6.07) is 12.7. The zero-order valence-corrected chi connectivity index (χ0v) is 21.2. The van der Waals surface area contributed by atoms with E-state index in [0.717, 1.165) is 5.56 Å². The maximum Gasteiger partial charge on any atom is 0.316 e. The molecule has 0 spiro atoms. The van der Waals surface area contributed by atoms with Gasteiger partial charge in [0.1, 0.15) is 11.5 Å². The molecule has 0 radical (unpaired) electrons. The van der Waals surface area contributed by atoms with Crippen molar-refractivity contribution in [2.45, 2.75) is 26.2 Å². The van der Waals surface area contributed by atoms with Crippen molar-refractivity contribution in [3.8, 4) is 11.5 Å². The number of carbonyl (C=O) groups excluding carboxylic acids is 2. The van der Waals surface area contributed by atoms with Crippen LogP contribution in [0.25, 0.3) is 0 Å². The summed E-state index contributed by atoms with van der Waals surface area (Å²) in [5, 5.41) is 16.5. The summed E-state index contributed by atoms with van der Waals surface area (Å²) >= 11 is 10.5. The topological polar surface area (TPSA) is 117 Å². The molecule has 0 aliphatic carbocycles. The lowest BCUT2D eigenvalue weighted by molar-refractivity contribution is -0.119. The lowest BCUT2D eigenvalue weighted by Gasteiger charge is -2.19. The fraction of sp³-hybridized carbons (Fsp3) is 0.167. The van der Waals surface area contributed by atoms with Gasteiger partial charge in [0, 0.05) is 11.1 Å². The van der Waals surface area contributed by atoms with E-state index in [0.29, 0.717) is 17.0 Å². The molecule has 1 unspecified atom stereocenters. The van der Waals surface area contributed by atoms with Crippen molar-refractivity contribution < 1.29 is 23.1 Å². The van der Waals surface area contributed by atoms with Gasteiger partial charge in [0.25, 0.3) is 5.91 Å². The number of anilines is 3. The van der Waals surface area contributed by atoms with Gasteiger partial charge in [-0.25, -0.2) is 0 Å². The van der Waals surface area contributed by atoms with Crippen molar-refractivity contribution in [2.24, 2.45) is 0 Å². The van der Waals surface area contributed by atoms with Crippen LogP contribution in [-0.2, 0) is 21.5 Å². The third-order valence-electron chi connectivity index (χ3n) is 5.55. The van der Waals surface area contributed by atoms with Crippen molar-refractivity contribution in [3.05, 3.63) is 75.3 Å². The lowest BCUT2D eigenvalue weighted by atomic mass is 9.85. The van der Waals surface area contributed by atoms with Crippen LogP contribution in [-0.4, -0.2) is 21.1 Å². The Labute approximate surface area is 214 Å². The summed E-state index contributed by atoms with van der Waals surface area (Å²) in [5.41, 5.74) is 1.01. The van der Waals surface area contributed by atoms with Crippen molar-refractivity contribution in [1.29, 1.82) is 0 Å². The molecule has 0 aromatic heterocycles. The molecule has 1 atom stereocenters. The number of aromatic hydroxyl groups is 1. The molecule has 1 aliphatic heterocycles. The third kappa shape index (κ3) is 4.93. The molecule has 4 N–H and O–H groups in total. The number of hydrogen-bond donors (Lipinski definition) is 4. The summed E-state index contributed by atoms with van der Waals surface area (Å²) in [7, 11) is 0. The number of phenolic OH excluding ortho intramolecular Hbond substituents is 1. The first kappa shape index (κ1) is 24.8. The Balaban J connectivity index is 1.54. The molecular weight excluding hydrogens is 513 g/mol. The standard InChI is InChI=1S/C24H21Cl2N3O5S/c1-12-4-7-14(8-5-12)34-35(33)29-17-10-13(6-9-15(17)25)22(31)27-18-11-16(26)20-19(21(18)30)24(2,3)23(32)28-20/h4-11,29-30H,1-3H3,(H,27,31)(H,28,32). The largest absolute Gasteiger partial charge is 0.505 e. The van der Waals surface area contributed by atoms with Gasteiger partial charge in [-0.1, -0.05) is 40.9 Å². The molecule has 1 heterocycles. The Morgan fingerprint density at radius 3 is 2.43 bits per heavy atom. The molecule has 3 aromatic rings. The highest BCUT2D eigenvalue weighted by Crippen LogP contribution is 2.49. The number of benzene rings is 3. The number of rotatable bonds is 6. The zero-order chi connectivity index (χ0) is 25.5. The maximum atomic E-state index is 12.9. The van der Waals surface area contributed by atoms with Crippen LogP contribution >= 0.6 is 23.2 Å². The van der Waals surface area contributed by atoms with Gasteiger partial charge < -0.3 is 19.9 Å². The number of halogens is 2. The molecule has 8 nitrogen and oxygen atoms in total. The molecule has 35 heavy (non-hydrogen) atoms. The number of amides is 2. The molecule has 0 saturated carbocycles.